The molecule has 2 N–H and O–H groups in total. The molecule has 0 bridgehead atoms. The number of carbonyl (C=O) groups excluding carboxylic acids is 1. The van der Waals surface area contributed by atoms with E-state index in [9.17, 15) is 4.79 Å². The number of nitrogens with one attached hydrogen (secondary N) is 2. The second kappa shape index (κ2) is 4.23. The van der Waals surface area contributed by atoms with Gasteiger partial charge in [-0.1, -0.05) is 0 Å². The third-order valence-corrected chi connectivity index (χ3v) is 2.23. The van der Waals surface area contributed by atoms with Crippen molar-refractivity contribution < 1.29 is 9.53 Å². The molecule has 2 rings (SSSR count). The Bertz CT molecular complexity index is 291. The van der Waals surface area contributed by atoms with Crippen molar-refractivity contribution in [3.63, 3.8) is 0 Å². The second-order valence-corrected chi connectivity index (χ2v) is 3.31. The summed E-state index contributed by atoms with van der Waals surface area (Å²) in [5.41, 5.74) is 0. The number of rotatable bonds is 2. The van der Waals surface area contributed by atoms with Crippen LogP contribution < -0.4 is 5.32 Å². The van der Waals surface area contributed by atoms with Gasteiger partial charge < -0.3 is 10.1 Å². The molecule has 1 fully saturated rings. The van der Waals surface area contributed by atoms with E-state index in [-0.39, 0.29) is 12.0 Å². The van der Waals surface area contributed by atoms with Crippen LogP contribution in [0, 0.1) is 0 Å². The summed E-state index contributed by atoms with van der Waals surface area (Å²) in [6.45, 7) is 0.682. The van der Waals surface area contributed by atoms with Crippen molar-refractivity contribution in [2.24, 2.45) is 0 Å². The molecule has 76 valence electrons. The number of nitrogens with zero attached hydrogens (tertiary/aromatic N) is 1. The van der Waals surface area contributed by atoms with Crippen LogP contribution in [-0.2, 0) is 9.53 Å². The number of aromatic amines is 1. The Morgan fingerprint density at radius 1 is 1.64 bits per heavy atom. The maximum Gasteiger partial charge on any atom is 0.254 e. The van der Waals surface area contributed by atoms with E-state index in [0.29, 0.717) is 12.4 Å². The van der Waals surface area contributed by atoms with E-state index in [1.54, 1.807) is 12.3 Å². The van der Waals surface area contributed by atoms with Crippen LogP contribution in [0.3, 0.4) is 0 Å². The smallest absolute Gasteiger partial charge is 0.254 e. The monoisotopic (exact) mass is 195 g/mol. The Morgan fingerprint density at radius 2 is 2.57 bits per heavy atom. The van der Waals surface area contributed by atoms with Gasteiger partial charge in [0, 0.05) is 12.7 Å². The molecule has 5 nitrogen and oxygen atoms in total. The van der Waals surface area contributed by atoms with Crippen LogP contribution in [0.2, 0.25) is 0 Å². The van der Waals surface area contributed by atoms with Gasteiger partial charge in [-0.05, 0) is 19.3 Å². The maximum atomic E-state index is 11.6. The first-order valence-corrected chi connectivity index (χ1v) is 4.78. The standard InChI is InChI=1S/C9H13N3O2/c13-9(7-3-1-2-6-14-7)11-8-4-5-10-12-8/h4-5,7H,1-3,6H2,(H2,10,11,12,13). The van der Waals surface area contributed by atoms with Crippen LogP contribution in [0.5, 0.6) is 0 Å². The summed E-state index contributed by atoms with van der Waals surface area (Å²) in [4.78, 5) is 11.6. The third-order valence-electron chi connectivity index (χ3n) is 2.23. The zero-order valence-electron chi connectivity index (χ0n) is 7.82. The lowest BCUT2D eigenvalue weighted by Gasteiger charge is -2.21. The lowest BCUT2D eigenvalue weighted by Crippen LogP contribution is -2.33. The molecule has 1 aliphatic rings. The van der Waals surface area contributed by atoms with E-state index < -0.39 is 0 Å². The van der Waals surface area contributed by atoms with Crippen molar-refractivity contribution in [3.05, 3.63) is 12.3 Å². The Labute approximate surface area is 81.8 Å². The molecule has 14 heavy (non-hydrogen) atoms. The zero-order valence-corrected chi connectivity index (χ0v) is 7.82. The van der Waals surface area contributed by atoms with E-state index >= 15 is 0 Å². The van der Waals surface area contributed by atoms with E-state index in [0.717, 1.165) is 19.3 Å². The topological polar surface area (TPSA) is 67.0 Å². The molecule has 5 heteroatoms. The number of H-pyrrole nitrogens is 1. The Balaban J connectivity index is 1.88. The van der Waals surface area contributed by atoms with Crippen LogP contribution in [-0.4, -0.2) is 28.8 Å². The number of amides is 1. The average molecular weight is 195 g/mol. The fraction of sp³-hybridized carbons (Fsp3) is 0.556. The maximum absolute atomic E-state index is 11.6. The van der Waals surface area contributed by atoms with E-state index in [1.807, 2.05) is 0 Å². The summed E-state index contributed by atoms with van der Waals surface area (Å²) < 4.78 is 5.34. The van der Waals surface area contributed by atoms with Gasteiger partial charge in [-0.25, -0.2) is 0 Å². The summed E-state index contributed by atoms with van der Waals surface area (Å²) in [5.74, 6) is 0.526. The summed E-state index contributed by atoms with van der Waals surface area (Å²) in [6, 6.07) is 1.71. The molecule has 1 saturated heterocycles. The van der Waals surface area contributed by atoms with Crippen LogP contribution >= 0.6 is 0 Å². The average Bonchev–Trinajstić information content (AvgIpc) is 2.72. The van der Waals surface area contributed by atoms with Gasteiger partial charge in [0.05, 0.1) is 6.20 Å². The summed E-state index contributed by atoms with van der Waals surface area (Å²) in [5, 5.41) is 9.12. The van der Waals surface area contributed by atoms with Gasteiger partial charge in [0.1, 0.15) is 11.9 Å². The van der Waals surface area contributed by atoms with Gasteiger partial charge >= 0.3 is 0 Å². The second-order valence-electron chi connectivity index (χ2n) is 3.31. The molecule has 0 aromatic carbocycles. The van der Waals surface area contributed by atoms with E-state index in [1.165, 1.54) is 0 Å². The minimum atomic E-state index is -0.299. The van der Waals surface area contributed by atoms with Crippen LogP contribution in [0.25, 0.3) is 0 Å². The number of ether oxygens (including phenoxy) is 1. The van der Waals surface area contributed by atoms with Crippen LogP contribution in [0.15, 0.2) is 12.3 Å². The SMILES string of the molecule is O=C(Nc1ccn[nH]1)C1CCCCO1. The highest BCUT2D eigenvalue weighted by molar-refractivity contribution is 5.93. The predicted molar refractivity (Wildman–Crippen MR) is 50.8 cm³/mol. The zero-order chi connectivity index (χ0) is 9.80. The Kier molecular flexibility index (Phi) is 2.78. The normalized spacial score (nSPS) is 21.9. The van der Waals surface area contributed by atoms with Gasteiger partial charge in [-0.15, -0.1) is 0 Å². The highest BCUT2D eigenvalue weighted by Gasteiger charge is 2.21. The van der Waals surface area contributed by atoms with Gasteiger partial charge in [0.2, 0.25) is 0 Å². The molecule has 1 aromatic heterocycles. The summed E-state index contributed by atoms with van der Waals surface area (Å²) in [7, 11) is 0. The van der Waals surface area contributed by atoms with Crippen molar-refractivity contribution in [1.29, 1.82) is 0 Å². The molecule has 1 amide bonds. The summed E-state index contributed by atoms with van der Waals surface area (Å²) >= 11 is 0. The molecule has 0 radical (unpaired) electrons. The highest BCUT2D eigenvalue weighted by atomic mass is 16.5. The lowest BCUT2D eigenvalue weighted by atomic mass is 10.1. The van der Waals surface area contributed by atoms with Crippen molar-refractivity contribution >= 4 is 11.7 Å². The summed E-state index contributed by atoms with van der Waals surface area (Å²) in [6.07, 6.45) is 4.21. The fourth-order valence-electron chi connectivity index (χ4n) is 1.49. The van der Waals surface area contributed by atoms with Crippen molar-refractivity contribution in [2.45, 2.75) is 25.4 Å². The van der Waals surface area contributed by atoms with Gasteiger partial charge in [-0.2, -0.15) is 5.10 Å². The first kappa shape index (κ1) is 9.21. The number of aromatic nitrogens is 2. The largest absolute Gasteiger partial charge is 0.368 e. The molecular weight excluding hydrogens is 182 g/mol. The number of anilines is 1. The minimum absolute atomic E-state index is 0.0889. The molecular formula is C9H13N3O2. The first-order chi connectivity index (χ1) is 6.86. The highest BCUT2D eigenvalue weighted by Crippen LogP contribution is 2.14. The molecule has 1 aromatic rings. The molecule has 1 unspecified atom stereocenters. The quantitative estimate of drug-likeness (QED) is 0.737. The first-order valence-electron chi connectivity index (χ1n) is 4.78. The minimum Gasteiger partial charge on any atom is -0.368 e. The van der Waals surface area contributed by atoms with E-state index in [4.69, 9.17) is 4.74 Å². The van der Waals surface area contributed by atoms with Gasteiger partial charge in [-0.3, -0.25) is 9.89 Å². The van der Waals surface area contributed by atoms with Crippen molar-refractivity contribution in [1.82, 2.24) is 10.2 Å². The number of hydrogen-bond acceptors (Lipinski definition) is 3. The Hall–Kier alpha value is -1.36. The molecule has 2 heterocycles. The predicted octanol–water partition coefficient (Wildman–Crippen LogP) is 0.917. The van der Waals surface area contributed by atoms with Gasteiger partial charge in [0.15, 0.2) is 0 Å². The Morgan fingerprint density at radius 3 is 3.21 bits per heavy atom. The van der Waals surface area contributed by atoms with Crippen molar-refractivity contribution in [3.8, 4) is 0 Å². The van der Waals surface area contributed by atoms with Crippen LogP contribution in [0.1, 0.15) is 19.3 Å². The molecule has 0 spiro atoms. The lowest BCUT2D eigenvalue weighted by molar-refractivity contribution is -0.130. The molecule has 0 aliphatic carbocycles. The molecule has 1 aliphatic heterocycles. The fourth-order valence-corrected chi connectivity index (χ4v) is 1.49. The molecule has 0 saturated carbocycles. The molecule has 1 atom stereocenters. The number of hydrogen-bond donors (Lipinski definition) is 2. The van der Waals surface area contributed by atoms with Crippen LogP contribution in [0.4, 0.5) is 5.82 Å². The van der Waals surface area contributed by atoms with E-state index in [2.05, 4.69) is 15.5 Å². The third kappa shape index (κ3) is 2.11. The van der Waals surface area contributed by atoms with Gasteiger partial charge in [0.25, 0.3) is 5.91 Å². The number of carbonyl (C=O) groups is 1. The van der Waals surface area contributed by atoms with Crippen molar-refractivity contribution in [2.75, 3.05) is 11.9 Å².